The van der Waals surface area contributed by atoms with Crippen molar-refractivity contribution < 1.29 is 4.74 Å². The molecule has 2 aromatic carbocycles. The summed E-state index contributed by atoms with van der Waals surface area (Å²) in [5, 5.41) is 0.754. The first-order chi connectivity index (χ1) is 13.3. The maximum Gasteiger partial charge on any atom is 0.0945 e. The van der Waals surface area contributed by atoms with Gasteiger partial charge >= 0.3 is 0 Å². The van der Waals surface area contributed by atoms with Crippen molar-refractivity contribution in [1.82, 2.24) is 9.55 Å². The van der Waals surface area contributed by atoms with E-state index in [9.17, 15) is 0 Å². The summed E-state index contributed by atoms with van der Waals surface area (Å²) >= 11 is 5.92. The average Bonchev–Trinajstić information content (AvgIpc) is 3.21. The first-order valence-electron chi connectivity index (χ1n) is 9.33. The third-order valence-electron chi connectivity index (χ3n) is 4.42. The summed E-state index contributed by atoms with van der Waals surface area (Å²) in [4.78, 5) is 4.10. The second-order valence-corrected chi connectivity index (χ2v) is 6.98. The van der Waals surface area contributed by atoms with Crippen molar-refractivity contribution >= 4 is 17.7 Å². The first kappa shape index (κ1) is 19.4. The summed E-state index contributed by atoms with van der Waals surface area (Å²) in [6, 6.07) is 18.3. The van der Waals surface area contributed by atoms with Crippen molar-refractivity contribution in [2.24, 2.45) is 0 Å². The van der Waals surface area contributed by atoms with Crippen LogP contribution in [-0.4, -0.2) is 22.3 Å². The lowest BCUT2D eigenvalue weighted by molar-refractivity contribution is 0.0659. The summed E-state index contributed by atoms with van der Waals surface area (Å²) in [6.45, 7) is 1.57. The fourth-order valence-electron chi connectivity index (χ4n) is 2.99. The van der Waals surface area contributed by atoms with E-state index in [0.29, 0.717) is 6.61 Å². The number of halogens is 1. The van der Waals surface area contributed by atoms with Gasteiger partial charge in [-0.05, 0) is 42.5 Å². The maximum atomic E-state index is 6.17. The number of imidazole rings is 1. The first-order valence-corrected chi connectivity index (χ1v) is 9.71. The second kappa shape index (κ2) is 10.7. The lowest BCUT2D eigenvalue weighted by Crippen LogP contribution is -2.17. The number of benzene rings is 2. The van der Waals surface area contributed by atoms with Gasteiger partial charge in [0.15, 0.2) is 0 Å². The maximum absolute atomic E-state index is 6.17. The second-order valence-electron chi connectivity index (χ2n) is 6.54. The SMILES string of the molecule is Clc1ccc(/C=C/COC(CCCn2ccnc2)Cc2ccccc2)cc1. The molecule has 0 aliphatic carbocycles. The molecule has 3 nitrogen and oxygen atoms in total. The summed E-state index contributed by atoms with van der Waals surface area (Å²) < 4.78 is 8.28. The smallest absolute Gasteiger partial charge is 0.0945 e. The van der Waals surface area contributed by atoms with Crippen LogP contribution in [0, 0.1) is 0 Å². The van der Waals surface area contributed by atoms with Gasteiger partial charge in [0.1, 0.15) is 0 Å². The van der Waals surface area contributed by atoms with E-state index in [2.05, 4.69) is 46.0 Å². The zero-order chi connectivity index (χ0) is 18.7. The molecule has 0 saturated carbocycles. The zero-order valence-corrected chi connectivity index (χ0v) is 16.1. The Morgan fingerprint density at radius 1 is 1.07 bits per heavy atom. The van der Waals surface area contributed by atoms with Crippen LogP contribution in [0.5, 0.6) is 0 Å². The van der Waals surface area contributed by atoms with Crippen LogP contribution in [0.2, 0.25) is 5.02 Å². The molecular weight excluding hydrogens is 356 g/mol. The zero-order valence-electron chi connectivity index (χ0n) is 15.4. The van der Waals surface area contributed by atoms with E-state index < -0.39 is 0 Å². The van der Waals surface area contributed by atoms with Crippen LogP contribution < -0.4 is 0 Å². The quantitative estimate of drug-likeness (QED) is 0.454. The Morgan fingerprint density at radius 3 is 2.63 bits per heavy atom. The lowest BCUT2D eigenvalue weighted by atomic mass is 10.0. The van der Waals surface area contributed by atoms with E-state index in [4.69, 9.17) is 16.3 Å². The molecule has 0 aliphatic heterocycles. The number of nitrogens with zero attached hydrogens (tertiary/aromatic N) is 2. The molecule has 27 heavy (non-hydrogen) atoms. The van der Waals surface area contributed by atoms with Crippen LogP contribution in [-0.2, 0) is 17.7 Å². The lowest BCUT2D eigenvalue weighted by Gasteiger charge is -2.17. The van der Waals surface area contributed by atoms with E-state index in [1.807, 2.05) is 49.1 Å². The highest BCUT2D eigenvalue weighted by Crippen LogP contribution is 2.13. The van der Waals surface area contributed by atoms with Gasteiger partial charge in [0.05, 0.1) is 19.0 Å². The largest absolute Gasteiger partial charge is 0.374 e. The summed E-state index contributed by atoms with van der Waals surface area (Å²) in [5.41, 5.74) is 2.44. The molecule has 140 valence electrons. The van der Waals surface area contributed by atoms with Crippen LogP contribution in [0.25, 0.3) is 6.08 Å². The van der Waals surface area contributed by atoms with Crippen LogP contribution in [0.4, 0.5) is 0 Å². The van der Waals surface area contributed by atoms with Gasteiger partial charge < -0.3 is 9.30 Å². The molecule has 1 atom stereocenters. The minimum atomic E-state index is 0.200. The number of ether oxygens (including phenoxy) is 1. The number of rotatable bonds is 10. The minimum Gasteiger partial charge on any atom is -0.374 e. The highest BCUT2D eigenvalue weighted by molar-refractivity contribution is 6.30. The van der Waals surface area contributed by atoms with Crippen molar-refractivity contribution in [3.05, 3.63) is 95.5 Å². The predicted octanol–water partition coefficient (Wildman–Crippen LogP) is 5.66. The summed E-state index contributed by atoms with van der Waals surface area (Å²) in [5.74, 6) is 0. The third kappa shape index (κ3) is 7.05. The monoisotopic (exact) mass is 380 g/mol. The van der Waals surface area contributed by atoms with Gasteiger partial charge in [0.25, 0.3) is 0 Å². The Bertz CT molecular complexity index is 798. The fourth-order valence-corrected chi connectivity index (χ4v) is 3.12. The molecule has 0 bridgehead atoms. The average molecular weight is 381 g/mol. The van der Waals surface area contributed by atoms with Crippen LogP contribution in [0.1, 0.15) is 24.0 Å². The Labute approximate surface area is 166 Å². The molecule has 0 aliphatic rings. The van der Waals surface area contributed by atoms with E-state index >= 15 is 0 Å². The Hall–Kier alpha value is -2.36. The molecule has 1 unspecified atom stereocenters. The van der Waals surface area contributed by atoms with Gasteiger partial charge in [-0.15, -0.1) is 0 Å². The predicted molar refractivity (Wildman–Crippen MR) is 112 cm³/mol. The van der Waals surface area contributed by atoms with Gasteiger partial charge in [0.2, 0.25) is 0 Å². The molecule has 3 rings (SSSR count). The molecule has 0 saturated heterocycles. The number of aryl methyl sites for hydroxylation is 1. The van der Waals surface area contributed by atoms with Gasteiger partial charge in [-0.2, -0.15) is 0 Å². The Balaban J connectivity index is 1.51. The molecule has 0 fully saturated rings. The fraction of sp³-hybridized carbons (Fsp3) is 0.261. The Morgan fingerprint density at radius 2 is 1.89 bits per heavy atom. The highest BCUT2D eigenvalue weighted by Gasteiger charge is 2.10. The number of aromatic nitrogens is 2. The van der Waals surface area contributed by atoms with Gasteiger partial charge in [0, 0.05) is 24.0 Å². The van der Waals surface area contributed by atoms with E-state index in [0.717, 1.165) is 36.4 Å². The minimum absolute atomic E-state index is 0.200. The van der Waals surface area contributed by atoms with Crippen molar-refractivity contribution in [1.29, 1.82) is 0 Å². The topological polar surface area (TPSA) is 27.1 Å². The molecular formula is C23H25ClN2O. The van der Waals surface area contributed by atoms with Gasteiger partial charge in [-0.3, -0.25) is 0 Å². The Kier molecular flexibility index (Phi) is 7.69. The molecule has 1 aromatic heterocycles. The molecule has 0 N–H and O–H groups in total. The van der Waals surface area contributed by atoms with E-state index in [-0.39, 0.29) is 6.10 Å². The van der Waals surface area contributed by atoms with E-state index in [1.54, 1.807) is 0 Å². The van der Waals surface area contributed by atoms with Crippen LogP contribution in [0.15, 0.2) is 79.4 Å². The molecule has 0 spiro atoms. The molecule has 0 radical (unpaired) electrons. The molecule has 3 aromatic rings. The highest BCUT2D eigenvalue weighted by atomic mass is 35.5. The number of hydrogen-bond donors (Lipinski definition) is 0. The van der Waals surface area contributed by atoms with Crippen LogP contribution in [0.3, 0.4) is 0 Å². The van der Waals surface area contributed by atoms with E-state index in [1.165, 1.54) is 5.56 Å². The third-order valence-corrected chi connectivity index (χ3v) is 4.67. The molecule has 1 heterocycles. The van der Waals surface area contributed by atoms with Crippen molar-refractivity contribution in [3.8, 4) is 0 Å². The normalized spacial score (nSPS) is 12.5. The van der Waals surface area contributed by atoms with Crippen LogP contribution >= 0.6 is 11.6 Å². The van der Waals surface area contributed by atoms with Crippen molar-refractivity contribution in [2.75, 3.05) is 6.61 Å². The standard InChI is InChI=1S/C23H25ClN2O/c24-22-12-10-20(11-13-22)8-5-17-27-23(18-21-6-2-1-3-7-21)9-4-15-26-16-14-25-19-26/h1-3,5-8,10-14,16,19,23H,4,9,15,17-18H2/b8-5+. The summed E-state index contributed by atoms with van der Waals surface area (Å²) in [6.07, 6.45) is 13.0. The number of hydrogen-bond acceptors (Lipinski definition) is 2. The van der Waals surface area contributed by atoms with Crippen molar-refractivity contribution in [3.63, 3.8) is 0 Å². The van der Waals surface area contributed by atoms with Gasteiger partial charge in [-0.25, -0.2) is 4.98 Å². The van der Waals surface area contributed by atoms with Crippen molar-refractivity contribution in [2.45, 2.75) is 31.9 Å². The molecule has 4 heteroatoms. The summed E-state index contributed by atoms with van der Waals surface area (Å²) in [7, 11) is 0. The van der Waals surface area contributed by atoms with Gasteiger partial charge in [-0.1, -0.05) is 66.2 Å². The molecule has 0 amide bonds.